The molecule has 0 aromatic heterocycles. The number of guanidine groups is 1. The van der Waals surface area contributed by atoms with Gasteiger partial charge in [-0.25, -0.2) is 13.1 Å². The van der Waals surface area contributed by atoms with E-state index in [1.54, 1.807) is 34.6 Å². The zero-order valence-electron chi connectivity index (χ0n) is 30.9. The molecule has 0 fully saturated rings. The fraction of sp³-hybridized carbons (Fsp3) is 0.686. The zero-order valence-corrected chi connectivity index (χ0v) is 31.7. The van der Waals surface area contributed by atoms with Crippen molar-refractivity contribution in [1.29, 1.82) is 0 Å². The Hall–Kier alpha value is -3.88. The highest BCUT2D eigenvalue weighted by Gasteiger charge is 2.36. The number of carboxylic acids is 1. The number of sulfonamides is 1. The van der Waals surface area contributed by atoms with Crippen LogP contribution in [0.2, 0.25) is 0 Å². The first-order valence-corrected chi connectivity index (χ1v) is 18.8. The number of amides is 2. The number of benzene rings is 1. The van der Waals surface area contributed by atoms with E-state index in [1.807, 2.05) is 20.8 Å². The number of aliphatic imine (C=N–C) groups is 1. The maximum atomic E-state index is 13.5. The summed E-state index contributed by atoms with van der Waals surface area (Å²) in [6.45, 7) is 15.0. The molecule has 0 unspecified atom stereocenters. The molecule has 1 aromatic carbocycles. The van der Waals surface area contributed by atoms with Crippen molar-refractivity contribution in [2.45, 2.75) is 148 Å². The van der Waals surface area contributed by atoms with E-state index in [4.69, 9.17) is 20.3 Å². The lowest BCUT2D eigenvalue weighted by Crippen LogP contribution is -2.47. The molecule has 6 N–H and O–H groups in total. The number of fused-ring (bicyclic) bond motifs is 1. The van der Waals surface area contributed by atoms with Gasteiger partial charge in [0.05, 0.1) is 4.90 Å². The number of unbranched alkanes of at least 4 members (excludes halogenated alkanes) is 3. The summed E-state index contributed by atoms with van der Waals surface area (Å²) >= 11 is 0. The summed E-state index contributed by atoms with van der Waals surface area (Å²) in [7, 11) is -4.10. The Balaban J connectivity index is 1.99. The maximum absolute atomic E-state index is 13.5. The van der Waals surface area contributed by atoms with E-state index >= 15 is 0 Å². The van der Waals surface area contributed by atoms with Crippen molar-refractivity contribution in [1.82, 2.24) is 15.4 Å². The zero-order chi connectivity index (χ0) is 37.9. The van der Waals surface area contributed by atoms with Gasteiger partial charge < -0.3 is 30.9 Å². The predicted molar refractivity (Wildman–Crippen MR) is 190 cm³/mol. The third-order valence-corrected chi connectivity index (χ3v) is 9.83. The average Bonchev–Trinajstić information content (AvgIpc) is 3.31. The van der Waals surface area contributed by atoms with E-state index in [0.717, 1.165) is 11.1 Å². The first-order valence-electron chi connectivity index (χ1n) is 17.3. The van der Waals surface area contributed by atoms with Gasteiger partial charge in [-0.3, -0.25) is 24.2 Å². The molecule has 0 bridgehead atoms. The van der Waals surface area contributed by atoms with E-state index in [9.17, 15) is 27.6 Å². The average molecular weight is 724 g/mol. The Labute approximate surface area is 296 Å². The van der Waals surface area contributed by atoms with E-state index < -0.39 is 39.1 Å². The Morgan fingerprint density at radius 1 is 0.960 bits per heavy atom. The molecule has 0 radical (unpaired) electrons. The maximum Gasteiger partial charge on any atom is 0.306 e. The van der Waals surface area contributed by atoms with Crippen LogP contribution in [0.5, 0.6) is 5.75 Å². The van der Waals surface area contributed by atoms with Crippen LogP contribution in [0, 0.1) is 20.8 Å². The molecule has 15 heteroatoms. The lowest BCUT2D eigenvalue weighted by atomic mass is 9.93. The molecule has 1 aliphatic rings. The van der Waals surface area contributed by atoms with Gasteiger partial charge in [-0.05, 0) is 105 Å². The summed E-state index contributed by atoms with van der Waals surface area (Å²) in [4.78, 5) is 52.6. The normalized spacial score (nSPS) is 14.7. The second-order valence-electron chi connectivity index (χ2n) is 14.5. The third kappa shape index (κ3) is 13.8. The summed E-state index contributed by atoms with van der Waals surface area (Å²) in [5, 5.41) is 14.3. The molecule has 1 atom stereocenters. The highest BCUT2D eigenvalue weighted by Crippen LogP contribution is 2.43. The van der Waals surface area contributed by atoms with Crippen LogP contribution in [-0.4, -0.2) is 73.6 Å². The number of ether oxygens (including phenoxy) is 2. The van der Waals surface area contributed by atoms with Crippen LogP contribution in [0.4, 0.5) is 0 Å². The number of nitrogens with zero attached hydrogens (tertiary/aromatic N) is 1. The summed E-state index contributed by atoms with van der Waals surface area (Å²) in [5.74, 6) is -1.69. The van der Waals surface area contributed by atoms with Gasteiger partial charge in [0.25, 0.3) is 10.0 Å². The van der Waals surface area contributed by atoms with E-state index in [2.05, 4.69) is 20.3 Å². The molecule has 50 heavy (non-hydrogen) atoms. The minimum Gasteiger partial charge on any atom is -0.487 e. The van der Waals surface area contributed by atoms with Crippen LogP contribution in [-0.2, 0) is 40.4 Å². The van der Waals surface area contributed by atoms with Crippen molar-refractivity contribution in [3.05, 3.63) is 22.3 Å². The summed E-state index contributed by atoms with van der Waals surface area (Å²) in [5.41, 5.74) is 7.96. The van der Waals surface area contributed by atoms with Gasteiger partial charge in [-0.1, -0.05) is 6.42 Å². The van der Waals surface area contributed by atoms with Crippen molar-refractivity contribution in [3.63, 3.8) is 0 Å². The number of rotatable bonds is 19. The van der Waals surface area contributed by atoms with Crippen LogP contribution in [0.1, 0.15) is 121 Å². The summed E-state index contributed by atoms with van der Waals surface area (Å²) in [6, 6.07) is -0.888. The lowest BCUT2D eigenvalue weighted by molar-refractivity contribution is -0.155. The molecular weight excluding hydrogens is 666 g/mol. The van der Waals surface area contributed by atoms with Crippen molar-refractivity contribution < 1.29 is 42.2 Å². The molecule has 14 nitrogen and oxygen atoms in total. The lowest BCUT2D eigenvalue weighted by Gasteiger charge is -2.20. The molecule has 0 saturated heterocycles. The summed E-state index contributed by atoms with van der Waals surface area (Å²) < 4.78 is 40.7. The number of carboxylic acid groups (broad SMARTS) is 1. The first kappa shape index (κ1) is 42.3. The largest absolute Gasteiger partial charge is 0.487 e. The number of carbonyl (C=O) groups is 4. The smallest absolute Gasteiger partial charge is 0.306 e. The molecule has 2 rings (SSSR count). The van der Waals surface area contributed by atoms with Crippen molar-refractivity contribution in [3.8, 4) is 5.75 Å². The number of nitrogens with two attached hydrogens (primary N) is 1. The van der Waals surface area contributed by atoms with E-state index in [0.29, 0.717) is 61.8 Å². The van der Waals surface area contributed by atoms with Gasteiger partial charge in [0, 0.05) is 49.9 Å². The fourth-order valence-corrected chi connectivity index (χ4v) is 7.28. The van der Waals surface area contributed by atoms with Crippen LogP contribution in [0.25, 0.3) is 0 Å². The van der Waals surface area contributed by atoms with Crippen LogP contribution >= 0.6 is 0 Å². The highest BCUT2D eigenvalue weighted by atomic mass is 32.2. The molecular formula is C35H57N5O9S. The third-order valence-electron chi connectivity index (χ3n) is 8.21. The first-order chi connectivity index (χ1) is 23.1. The molecule has 0 spiro atoms. The van der Waals surface area contributed by atoms with Gasteiger partial charge in [0.15, 0.2) is 0 Å². The molecule has 1 heterocycles. The topological polar surface area (TPSA) is 216 Å². The molecule has 0 saturated carbocycles. The van der Waals surface area contributed by atoms with Crippen molar-refractivity contribution >= 4 is 39.7 Å². The molecule has 1 aliphatic heterocycles. The van der Waals surface area contributed by atoms with Gasteiger partial charge >= 0.3 is 11.9 Å². The number of esters is 1. The number of hydrogen-bond donors (Lipinski definition) is 5. The quantitative estimate of drug-likeness (QED) is 0.0601. The number of nitrogens with one attached hydrogen (secondary N) is 3. The van der Waals surface area contributed by atoms with Gasteiger partial charge in [0.1, 0.15) is 23.0 Å². The van der Waals surface area contributed by atoms with Gasteiger partial charge in [-0.15, -0.1) is 0 Å². The minimum absolute atomic E-state index is 0.00961. The molecule has 2 amide bonds. The van der Waals surface area contributed by atoms with Gasteiger partial charge in [-0.2, -0.15) is 0 Å². The van der Waals surface area contributed by atoms with E-state index in [1.165, 1.54) is 0 Å². The molecule has 282 valence electrons. The van der Waals surface area contributed by atoms with Crippen molar-refractivity contribution in [2.75, 3.05) is 13.1 Å². The number of aliphatic carboxylic acids is 1. The highest BCUT2D eigenvalue weighted by molar-refractivity contribution is 7.90. The summed E-state index contributed by atoms with van der Waals surface area (Å²) in [6.07, 6.45) is 4.16. The predicted octanol–water partition coefficient (Wildman–Crippen LogP) is 3.85. The van der Waals surface area contributed by atoms with E-state index in [-0.39, 0.29) is 61.5 Å². The Kier molecular flexibility index (Phi) is 15.5. The molecule has 0 aliphatic carbocycles. The Bertz CT molecular complexity index is 1530. The Morgan fingerprint density at radius 3 is 2.24 bits per heavy atom. The number of carbonyl (C=O) groups excluding carboxylic acids is 3. The van der Waals surface area contributed by atoms with Crippen LogP contribution < -0.4 is 25.8 Å². The van der Waals surface area contributed by atoms with Crippen LogP contribution in [0.15, 0.2) is 9.89 Å². The SMILES string of the molecule is Cc1c(C)c(S(=O)(=O)NC(N)=NCCC[C@H](NC(=O)CCCCCC(=O)OC(C)(C)C)C(=O)NCCCCC(=O)O)c(C)c2c1CC(C)(C)O2. The van der Waals surface area contributed by atoms with Gasteiger partial charge in [0.2, 0.25) is 17.8 Å². The molecule has 1 aromatic rings. The van der Waals surface area contributed by atoms with Crippen LogP contribution in [0.3, 0.4) is 0 Å². The second-order valence-corrected chi connectivity index (χ2v) is 16.1. The van der Waals surface area contributed by atoms with Crippen molar-refractivity contribution in [2.24, 2.45) is 10.7 Å². The second kappa shape index (κ2) is 18.4. The fourth-order valence-electron chi connectivity index (χ4n) is 5.78. The monoisotopic (exact) mass is 723 g/mol. The standard InChI is InChI=1S/C35H57N5O9S/c1-22-23(2)31(24(3)30-25(22)21-35(7,8)49-30)50(46,47)40-33(36)38-20-14-15-26(32(45)37-19-13-12-17-28(42)43)39-27(41)16-10-9-11-18-29(44)48-34(4,5)6/h26H,9-21H2,1-8H3,(H,37,45)(H,39,41)(H,42,43)(H3,36,38,40)/t26-/m0/s1. The minimum atomic E-state index is -4.10. The number of hydrogen-bond acceptors (Lipinski definition) is 9. The Morgan fingerprint density at radius 2 is 1.60 bits per heavy atom.